The van der Waals surface area contributed by atoms with E-state index in [0.29, 0.717) is 31.7 Å². The van der Waals surface area contributed by atoms with Gasteiger partial charge in [-0.1, -0.05) is 25.3 Å². The summed E-state index contributed by atoms with van der Waals surface area (Å²) < 4.78 is 5.67. The summed E-state index contributed by atoms with van der Waals surface area (Å²) in [4.78, 5) is 21.7. The summed E-state index contributed by atoms with van der Waals surface area (Å²) in [6, 6.07) is 6.25. The number of nitrogens with zero attached hydrogens (tertiary/aromatic N) is 3. The molecule has 1 saturated carbocycles. The summed E-state index contributed by atoms with van der Waals surface area (Å²) in [5.74, 6) is 0.342. The number of likely N-dealkylation sites (N-methyl/N-ethyl adjacent to an activating group) is 1. The predicted molar refractivity (Wildman–Crippen MR) is 102 cm³/mol. The zero-order valence-electron chi connectivity index (χ0n) is 15.9. The Kier molecular flexibility index (Phi) is 7.26. The van der Waals surface area contributed by atoms with Crippen LogP contribution in [0.3, 0.4) is 0 Å². The number of carbonyl (C=O) groups is 1. The molecule has 2 aliphatic rings. The summed E-state index contributed by atoms with van der Waals surface area (Å²) in [6.07, 6.45) is 7.67. The van der Waals surface area contributed by atoms with Crippen LogP contribution in [0.1, 0.15) is 37.8 Å². The van der Waals surface area contributed by atoms with Crippen molar-refractivity contribution in [2.24, 2.45) is 5.92 Å². The topological polar surface area (TPSA) is 57.7 Å². The normalized spacial score (nSPS) is 22.6. The lowest BCUT2D eigenvalue weighted by Gasteiger charge is -2.34. The Labute approximate surface area is 156 Å². The van der Waals surface area contributed by atoms with Crippen LogP contribution >= 0.6 is 0 Å². The number of pyridine rings is 1. The van der Waals surface area contributed by atoms with Crippen molar-refractivity contribution in [3.63, 3.8) is 0 Å². The quantitative estimate of drug-likeness (QED) is 0.877. The zero-order chi connectivity index (χ0) is 18.2. The van der Waals surface area contributed by atoms with E-state index in [1.807, 2.05) is 23.1 Å². The number of nitrogens with one attached hydrogen (secondary N) is 1. The third-order valence-electron chi connectivity index (χ3n) is 5.42. The van der Waals surface area contributed by atoms with Gasteiger partial charge in [0.15, 0.2) is 0 Å². The van der Waals surface area contributed by atoms with Gasteiger partial charge in [0.2, 0.25) is 0 Å². The molecule has 1 aromatic heterocycles. The van der Waals surface area contributed by atoms with Gasteiger partial charge in [0.25, 0.3) is 0 Å². The van der Waals surface area contributed by atoms with Crippen molar-refractivity contribution in [1.29, 1.82) is 0 Å². The highest BCUT2D eigenvalue weighted by atomic mass is 16.5. The van der Waals surface area contributed by atoms with Gasteiger partial charge >= 0.3 is 6.03 Å². The van der Waals surface area contributed by atoms with Crippen molar-refractivity contribution in [2.75, 3.05) is 39.9 Å². The number of amides is 2. The number of carbonyl (C=O) groups excluding carboxylic acids is 1. The second-order valence-corrected chi connectivity index (χ2v) is 7.63. The lowest BCUT2D eigenvalue weighted by atomic mass is 9.94. The minimum absolute atomic E-state index is 0.0365. The van der Waals surface area contributed by atoms with Crippen LogP contribution in [0.2, 0.25) is 0 Å². The van der Waals surface area contributed by atoms with E-state index in [4.69, 9.17) is 4.74 Å². The number of aromatic nitrogens is 1. The molecule has 3 rings (SSSR count). The van der Waals surface area contributed by atoms with Crippen molar-refractivity contribution in [1.82, 2.24) is 20.1 Å². The number of urea groups is 1. The highest BCUT2D eigenvalue weighted by molar-refractivity contribution is 5.74. The van der Waals surface area contributed by atoms with E-state index in [2.05, 4.69) is 22.2 Å². The number of hydrogen-bond acceptors (Lipinski definition) is 4. The Hall–Kier alpha value is -1.66. The van der Waals surface area contributed by atoms with E-state index >= 15 is 0 Å². The SMILES string of the molecule is CN1CCOC[C@@H](CNC(=O)N(Cc2ccccn2)C2CCCCC2)C1. The molecule has 1 aromatic rings. The van der Waals surface area contributed by atoms with Crippen molar-refractivity contribution in [3.05, 3.63) is 30.1 Å². The molecular formula is C20H32N4O2. The molecule has 0 spiro atoms. The van der Waals surface area contributed by atoms with Gasteiger partial charge < -0.3 is 19.9 Å². The lowest BCUT2D eigenvalue weighted by Crippen LogP contribution is -2.48. The lowest BCUT2D eigenvalue weighted by molar-refractivity contribution is 0.118. The first kappa shape index (κ1) is 19.1. The summed E-state index contributed by atoms with van der Waals surface area (Å²) in [5.41, 5.74) is 0.950. The Morgan fingerprint density at radius 1 is 1.35 bits per heavy atom. The Morgan fingerprint density at radius 2 is 2.19 bits per heavy atom. The second-order valence-electron chi connectivity index (χ2n) is 7.63. The van der Waals surface area contributed by atoms with Gasteiger partial charge in [0.1, 0.15) is 0 Å². The summed E-state index contributed by atoms with van der Waals surface area (Å²) in [7, 11) is 2.11. The van der Waals surface area contributed by atoms with Crippen LogP contribution in [0.4, 0.5) is 4.79 Å². The molecule has 0 radical (unpaired) electrons. The minimum atomic E-state index is 0.0365. The predicted octanol–water partition coefficient (Wildman–Crippen LogP) is 2.50. The van der Waals surface area contributed by atoms with Crippen LogP contribution in [0.15, 0.2) is 24.4 Å². The van der Waals surface area contributed by atoms with Crippen LogP contribution in [0.25, 0.3) is 0 Å². The fraction of sp³-hybridized carbons (Fsp3) is 0.700. The highest BCUT2D eigenvalue weighted by Crippen LogP contribution is 2.24. The van der Waals surface area contributed by atoms with Crippen molar-refractivity contribution >= 4 is 6.03 Å². The van der Waals surface area contributed by atoms with E-state index in [1.54, 1.807) is 6.20 Å². The van der Waals surface area contributed by atoms with E-state index < -0.39 is 0 Å². The second kappa shape index (κ2) is 9.88. The molecule has 2 amide bonds. The van der Waals surface area contributed by atoms with Crippen LogP contribution in [-0.2, 0) is 11.3 Å². The van der Waals surface area contributed by atoms with Crippen LogP contribution in [0, 0.1) is 5.92 Å². The molecule has 1 aliphatic carbocycles. The molecule has 6 nitrogen and oxygen atoms in total. The monoisotopic (exact) mass is 360 g/mol. The maximum atomic E-state index is 13.0. The van der Waals surface area contributed by atoms with Gasteiger partial charge in [-0.15, -0.1) is 0 Å². The van der Waals surface area contributed by atoms with Gasteiger partial charge in [0, 0.05) is 37.8 Å². The summed E-state index contributed by atoms with van der Waals surface area (Å²) in [5, 5.41) is 3.17. The molecule has 2 heterocycles. The van der Waals surface area contributed by atoms with Crippen LogP contribution < -0.4 is 5.32 Å². The molecule has 1 aliphatic heterocycles. The van der Waals surface area contributed by atoms with E-state index in [1.165, 1.54) is 19.3 Å². The number of ether oxygens (including phenoxy) is 1. The average Bonchev–Trinajstić information content (AvgIpc) is 2.89. The summed E-state index contributed by atoms with van der Waals surface area (Å²) in [6.45, 7) is 4.65. The van der Waals surface area contributed by atoms with Crippen molar-refractivity contribution in [2.45, 2.75) is 44.7 Å². The third kappa shape index (κ3) is 5.68. The molecule has 26 heavy (non-hydrogen) atoms. The third-order valence-corrected chi connectivity index (χ3v) is 5.42. The van der Waals surface area contributed by atoms with Crippen LogP contribution in [-0.4, -0.2) is 66.8 Å². The molecule has 0 aromatic carbocycles. The van der Waals surface area contributed by atoms with E-state index in [-0.39, 0.29) is 6.03 Å². The molecule has 144 valence electrons. The van der Waals surface area contributed by atoms with Crippen LogP contribution in [0.5, 0.6) is 0 Å². The van der Waals surface area contributed by atoms with Crippen molar-refractivity contribution < 1.29 is 9.53 Å². The highest BCUT2D eigenvalue weighted by Gasteiger charge is 2.26. The first-order valence-corrected chi connectivity index (χ1v) is 9.93. The maximum Gasteiger partial charge on any atom is 0.318 e. The van der Waals surface area contributed by atoms with Gasteiger partial charge in [-0.3, -0.25) is 4.98 Å². The van der Waals surface area contributed by atoms with Gasteiger partial charge in [0.05, 0.1) is 25.5 Å². The minimum Gasteiger partial charge on any atom is -0.380 e. The average molecular weight is 361 g/mol. The molecule has 1 atom stereocenters. The Balaban J connectivity index is 1.60. The Morgan fingerprint density at radius 3 is 2.96 bits per heavy atom. The standard InChI is InChI=1S/C20H32N4O2/c1-23-11-12-26-16-17(14-23)13-22-20(25)24(19-8-3-2-4-9-19)15-18-7-5-6-10-21-18/h5-7,10,17,19H,2-4,8-9,11-16H2,1H3,(H,22,25)/t17-/m0/s1. The van der Waals surface area contributed by atoms with Gasteiger partial charge in [-0.05, 0) is 32.0 Å². The molecular weight excluding hydrogens is 328 g/mol. The first-order valence-electron chi connectivity index (χ1n) is 9.93. The van der Waals surface area contributed by atoms with Gasteiger partial charge in [-0.25, -0.2) is 4.79 Å². The summed E-state index contributed by atoms with van der Waals surface area (Å²) >= 11 is 0. The number of rotatable bonds is 5. The molecule has 2 fully saturated rings. The zero-order valence-corrected chi connectivity index (χ0v) is 15.9. The fourth-order valence-electron chi connectivity index (χ4n) is 3.94. The fourth-order valence-corrected chi connectivity index (χ4v) is 3.94. The first-order chi connectivity index (χ1) is 12.7. The number of hydrogen-bond donors (Lipinski definition) is 1. The molecule has 0 unspecified atom stereocenters. The molecule has 1 saturated heterocycles. The molecule has 0 bridgehead atoms. The van der Waals surface area contributed by atoms with Crippen molar-refractivity contribution in [3.8, 4) is 0 Å². The maximum absolute atomic E-state index is 13.0. The van der Waals surface area contributed by atoms with E-state index in [0.717, 1.165) is 38.2 Å². The largest absolute Gasteiger partial charge is 0.380 e. The van der Waals surface area contributed by atoms with Gasteiger partial charge in [-0.2, -0.15) is 0 Å². The Bertz CT molecular complexity index is 548. The smallest absolute Gasteiger partial charge is 0.318 e. The van der Waals surface area contributed by atoms with E-state index in [9.17, 15) is 4.79 Å². The molecule has 6 heteroatoms. The molecule has 1 N–H and O–H groups in total.